The fraction of sp³-hybridized carbons (Fsp3) is 0.163. The van der Waals surface area contributed by atoms with Crippen molar-refractivity contribution in [3.63, 3.8) is 0 Å². The standard InChI is InChI=1S/C43H36N4O5S/c1-27-37(26-53-43-47-38(29-10-4-2-5-11-29)40(52-43)30-12-6-3-7-13-30)50-42(51-39(27)31-18-16-28(25-48)17-19-31)32-20-22-33(23-21-32)45-41(49)36-24-44-34-14-8-9-15-35(34)46-36/h2-24,27,37,39,42,48H,25-26H2,1H3,(H,45,49)/t27-,37+,39+,42+/m1/s1. The molecule has 0 saturated carbocycles. The number of nitrogens with zero attached hydrogens (tertiary/aromatic N) is 3. The van der Waals surface area contributed by atoms with Gasteiger partial charge in [0.25, 0.3) is 11.1 Å². The van der Waals surface area contributed by atoms with Crippen LogP contribution in [0.25, 0.3) is 33.6 Å². The fourth-order valence-corrected chi connectivity index (χ4v) is 7.37. The third-order valence-electron chi connectivity index (χ3n) is 9.31. The first-order valence-electron chi connectivity index (χ1n) is 17.4. The maximum Gasteiger partial charge on any atom is 0.275 e. The highest BCUT2D eigenvalue weighted by atomic mass is 32.2. The van der Waals surface area contributed by atoms with Crippen molar-refractivity contribution < 1.29 is 23.8 Å². The number of carbonyl (C=O) groups excluding carboxylic acids is 1. The number of rotatable bonds is 10. The third kappa shape index (κ3) is 7.62. The van der Waals surface area contributed by atoms with Gasteiger partial charge in [0.05, 0.1) is 36.0 Å². The SMILES string of the molecule is C[C@@H]1[C@H](CSc2nc(-c3ccccc3)c(-c3ccccc3)o2)O[C@H](c2ccc(NC(=O)c3cnc4ccccc4n3)cc2)O[C@@H]1c1ccc(CO)cc1. The van der Waals surface area contributed by atoms with E-state index in [1.54, 1.807) is 0 Å². The number of ether oxygens (including phenoxy) is 2. The second kappa shape index (κ2) is 15.5. The van der Waals surface area contributed by atoms with Crippen LogP contribution in [0, 0.1) is 5.92 Å². The van der Waals surface area contributed by atoms with Gasteiger partial charge in [-0.25, -0.2) is 9.97 Å². The van der Waals surface area contributed by atoms with Crippen LogP contribution in [0.5, 0.6) is 0 Å². The summed E-state index contributed by atoms with van der Waals surface area (Å²) in [6.45, 7) is 2.09. The zero-order chi connectivity index (χ0) is 36.1. The van der Waals surface area contributed by atoms with Crippen LogP contribution in [0.3, 0.4) is 0 Å². The molecule has 2 aromatic heterocycles. The normalized spacial score (nSPS) is 18.5. The van der Waals surface area contributed by atoms with E-state index >= 15 is 0 Å². The molecule has 264 valence electrons. The quantitative estimate of drug-likeness (QED) is 0.133. The van der Waals surface area contributed by atoms with Crippen molar-refractivity contribution in [1.82, 2.24) is 15.0 Å². The monoisotopic (exact) mass is 720 g/mol. The topological polar surface area (TPSA) is 120 Å². The molecule has 9 nitrogen and oxygen atoms in total. The van der Waals surface area contributed by atoms with E-state index in [1.807, 2.05) is 133 Å². The Kier molecular flexibility index (Phi) is 10.1. The molecule has 4 atom stereocenters. The highest BCUT2D eigenvalue weighted by molar-refractivity contribution is 7.99. The van der Waals surface area contributed by atoms with Crippen LogP contribution in [0.2, 0.25) is 0 Å². The maximum atomic E-state index is 13.0. The van der Waals surface area contributed by atoms with Crippen LogP contribution in [-0.4, -0.2) is 37.8 Å². The van der Waals surface area contributed by atoms with Gasteiger partial charge in [-0.15, -0.1) is 0 Å². The Labute approximate surface area is 311 Å². The smallest absolute Gasteiger partial charge is 0.275 e. The van der Waals surface area contributed by atoms with Crippen molar-refractivity contribution in [2.45, 2.75) is 37.3 Å². The Balaban J connectivity index is 1.03. The average molecular weight is 721 g/mol. The molecule has 0 radical (unpaired) electrons. The number of amides is 1. The predicted molar refractivity (Wildman–Crippen MR) is 205 cm³/mol. The summed E-state index contributed by atoms with van der Waals surface area (Å²) in [5, 5.41) is 13.1. The number of fused-ring (bicyclic) bond motifs is 1. The summed E-state index contributed by atoms with van der Waals surface area (Å²) in [4.78, 5) is 26.8. The Morgan fingerprint density at radius 3 is 2.13 bits per heavy atom. The molecule has 3 heterocycles. The predicted octanol–water partition coefficient (Wildman–Crippen LogP) is 9.28. The molecule has 7 aromatic rings. The molecule has 1 saturated heterocycles. The summed E-state index contributed by atoms with van der Waals surface area (Å²) in [6.07, 6.45) is 0.271. The minimum Gasteiger partial charge on any atom is -0.431 e. The zero-order valence-corrected chi connectivity index (χ0v) is 29.6. The first-order chi connectivity index (χ1) is 26.0. The third-order valence-corrected chi connectivity index (χ3v) is 10.2. The number of aliphatic hydroxyl groups excluding tert-OH is 1. The van der Waals surface area contributed by atoms with Gasteiger partial charge in [0.1, 0.15) is 11.4 Å². The number of anilines is 1. The van der Waals surface area contributed by atoms with Crippen LogP contribution < -0.4 is 5.32 Å². The number of hydrogen-bond acceptors (Lipinski definition) is 9. The molecule has 0 unspecified atom stereocenters. The largest absolute Gasteiger partial charge is 0.431 e. The van der Waals surface area contributed by atoms with Crippen LogP contribution in [-0.2, 0) is 16.1 Å². The lowest BCUT2D eigenvalue weighted by Gasteiger charge is -2.41. The second-order valence-corrected chi connectivity index (χ2v) is 13.8. The van der Waals surface area contributed by atoms with Gasteiger partial charge in [-0.3, -0.25) is 9.78 Å². The number of aliphatic hydroxyl groups is 1. The average Bonchev–Trinajstić information content (AvgIpc) is 3.66. The lowest BCUT2D eigenvalue weighted by molar-refractivity contribution is -0.268. The summed E-state index contributed by atoms with van der Waals surface area (Å²) in [7, 11) is 0. The fourth-order valence-electron chi connectivity index (χ4n) is 6.39. The number of nitrogens with one attached hydrogen (secondary N) is 1. The summed E-state index contributed by atoms with van der Waals surface area (Å²) in [5.41, 5.74) is 7.57. The maximum absolute atomic E-state index is 13.0. The van der Waals surface area contributed by atoms with Crippen molar-refractivity contribution in [1.29, 1.82) is 0 Å². The molecule has 1 amide bonds. The van der Waals surface area contributed by atoms with Crippen molar-refractivity contribution >= 4 is 34.4 Å². The van der Waals surface area contributed by atoms with Crippen molar-refractivity contribution in [3.8, 4) is 22.6 Å². The number of para-hydroxylation sites is 2. The molecule has 2 N–H and O–H groups in total. The van der Waals surface area contributed by atoms with E-state index < -0.39 is 6.29 Å². The van der Waals surface area contributed by atoms with Crippen LogP contribution in [0.4, 0.5) is 5.69 Å². The van der Waals surface area contributed by atoms with E-state index in [4.69, 9.17) is 18.9 Å². The van der Waals surface area contributed by atoms with Crippen molar-refractivity contribution in [2.24, 2.45) is 5.92 Å². The van der Waals surface area contributed by atoms with Gasteiger partial charge in [-0.05, 0) is 35.4 Å². The number of thioether (sulfide) groups is 1. The molecule has 0 aliphatic carbocycles. The van der Waals surface area contributed by atoms with Crippen LogP contribution >= 0.6 is 11.8 Å². The Morgan fingerprint density at radius 1 is 0.755 bits per heavy atom. The van der Waals surface area contributed by atoms with Gasteiger partial charge >= 0.3 is 0 Å². The van der Waals surface area contributed by atoms with Crippen molar-refractivity contribution in [2.75, 3.05) is 11.1 Å². The Hall–Kier alpha value is -5.65. The number of carbonyl (C=O) groups is 1. The molecule has 0 bridgehead atoms. The number of aromatic nitrogens is 3. The molecule has 0 spiro atoms. The second-order valence-electron chi connectivity index (χ2n) is 12.8. The summed E-state index contributed by atoms with van der Waals surface area (Å²) < 4.78 is 19.8. The van der Waals surface area contributed by atoms with Crippen LogP contribution in [0.1, 0.15) is 46.5 Å². The zero-order valence-electron chi connectivity index (χ0n) is 28.8. The van der Waals surface area contributed by atoms with E-state index in [0.717, 1.165) is 44.8 Å². The van der Waals surface area contributed by atoms with Gasteiger partial charge in [-0.2, -0.15) is 0 Å². The molecule has 1 fully saturated rings. The van der Waals surface area contributed by atoms with Gasteiger partial charge in [0, 0.05) is 34.0 Å². The molecule has 10 heteroatoms. The highest BCUT2D eigenvalue weighted by Gasteiger charge is 2.38. The van der Waals surface area contributed by atoms with E-state index in [9.17, 15) is 9.90 Å². The van der Waals surface area contributed by atoms with Gasteiger partial charge in [0.15, 0.2) is 12.1 Å². The van der Waals surface area contributed by atoms with Gasteiger partial charge < -0.3 is 24.3 Å². The number of oxazole rings is 1. The molecule has 53 heavy (non-hydrogen) atoms. The molecule has 1 aliphatic heterocycles. The summed E-state index contributed by atoms with van der Waals surface area (Å²) >= 11 is 1.51. The number of hydrogen-bond donors (Lipinski definition) is 2. The Morgan fingerprint density at radius 2 is 1.42 bits per heavy atom. The van der Waals surface area contributed by atoms with Crippen molar-refractivity contribution in [3.05, 3.63) is 162 Å². The lowest BCUT2D eigenvalue weighted by atomic mass is 9.91. The lowest BCUT2D eigenvalue weighted by Crippen LogP contribution is -2.38. The first-order valence-corrected chi connectivity index (χ1v) is 18.4. The van der Waals surface area contributed by atoms with Gasteiger partial charge in [0.2, 0.25) is 0 Å². The first kappa shape index (κ1) is 34.4. The molecule has 8 rings (SSSR count). The molecular weight excluding hydrogens is 685 g/mol. The summed E-state index contributed by atoms with van der Waals surface area (Å²) in [5.74, 6) is 0.907. The molecule has 1 aliphatic rings. The minimum absolute atomic E-state index is 0.0301. The van der Waals surface area contributed by atoms with E-state index in [-0.39, 0.29) is 36.3 Å². The van der Waals surface area contributed by atoms with Gasteiger partial charge in [-0.1, -0.05) is 128 Å². The minimum atomic E-state index is -0.681. The molecule has 5 aromatic carbocycles. The van der Waals surface area contributed by atoms with E-state index in [2.05, 4.69) is 22.2 Å². The Bertz CT molecular complexity index is 2260. The van der Waals surface area contributed by atoms with E-state index in [0.29, 0.717) is 22.2 Å². The van der Waals surface area contributed by atoms with Crippen LogP contribution in [0.15, 0.2) is 149 Å². The molecular formula is C43H36N4O5S. The highest BCUT2D eigenvalue weighted by Crippen LogP contribution is 2.44. The van der Waals surface area contributed by atoms with E-state index in [1.165, 1.54) is 18.0 Å². The number of benzene rings is 5. The summed E-state index contributed by atoms with van der Waals surface area (Å²) in [6, 6.07) is 42.8.